The Morgan fingerprint density at radius 2 is 1.88 bits per heavy atom. The zero-order chi connectivity index (χ0) is 18.9. The maximum atomic E-state index is 14.0. The van der Waals surface area contributed by atoms with Gasteiger partial charge in [0, 0.05) is 16.7 Å². The lowest BCUT2D eigenvalue weighted by Crippen LogP contribution is -2.36. The van der Waals surface area contributed by atoms with E-state index in [-0.39, 0.29) is 11.9 Å². The van der Waals surface area contributed by atoms with Gasteiger partial charge in [-0.25, -0.2) is 4.39 Å². The summed E-state index contributed by atoms with van der Waals surface area (Å²) >= 11 is 3.23. The van der Waals surface area contributed by atoms with Crippen molar-refractivity contribution in [2.24, 2.45) is 0 Å². The number of nitrogens with one attached hydrogen (secondary N) is 2. The van der Waals surface area contributed by atoms with Crippen molar-refractivity contribution in [3.8, 4) is 0 Å². The van der Waals surface area contributed by atoms with E-state index in [1.807, 2.05) is 13.8 Å². The maximum absolute atomic E-state index is 14.0. The van der Waals surface area contributed by atoms with Crippen molar-refractivity contribution in [2.75, 3.05) is 5.32 Å². The van der Waals surface area contributed by atoms with Crippen molar-refractivity contribution in [3.63, 3.8) is 0 Å². The maximum Gasteiger partial charge on any atom is 0.253 e. The Morgan fingerprint density at radius 3 is 2.58 bits per heavy atom. The van der Waals surface area contributed by atoms with Crippen LogP contribution >= 0.6 is 15.9 Å². The molecule has 1 aliphatic carbocycles. The molecule has 0 bridgehead atoms. The van der Waals surface area contributed by atoms with Crippen molar-refractivity contribution in [1.29, 1.82) is 0 Å². The minimum absolute atomic E-state index is 0.149. The summed E-state index contributed by atoms with van der Waals surface area (Å²) in [4.78, 5) is 16.6. The van der Waals surface area contributed by atoms with Crippen molar-refractivity contribution >= 4 is 33.2 Å². The molecule has 1 aromatic heterocycles. The standard InChI is InChI=1S/C18H19BrFN3O.C2H6/c19-12-6-7-16(15(20)10-12)23-17-11-21-9-8-14(17)18(24)22-13-4-2-1-3-5-13;1-2/h6-11,13,23H,1-5H2,(H,22,24);1-2H3. The first-order valence-electron chi connectivity index (χ1n) is 9.10. The summed E-state index contributed by atoms with van der Waals surface area (Å²) < 4.78 is 14.7. The van der Waals surface area contributed by atoms with Crippen molar-refractivity contribution in [3.05, 3.63) is 52.5 Å². The number of anilines is 2. The normalized spacial score (nSPS) is 14.2. The van der Waals surface area contributed by atoms with E-state index in [1.165, 1.54) is 18.7 Å². The number of hydrogen-bond acceptors (Lipinski definition) is 3. The highest BCUT2D eigenvalue weighted by molar-refractivity contribution is 9.10. The first-order chi connectivity index (χ1) is 12.6. The Balaban J connectivity index is 0.00000117. The topological polar surface area (TPSA) is 54.0 Å². The smallest absolute Gasteiger partial charge is 0.253 e. The van der Waals surface area contributed by atoms with Crippen LogP contribution < -0.4 is 10.6 Å². The van der Waals surface area contributed by atoms with Crippen LogP contribution in [0, 0.1) is 5.82 Å². The molecular weight excluding hydrogens is 397 g/mol. The fourth-order valence-corrected chi connectivity index (χ4v) is 3.27. The van der Waals surface area contributed by atoms with Crippen LogP contribution in [0.5, 0.6) is 0 Å². The molecule has 1 heterocycles. The first-order valence-corrected chi connectivity index (χ1v) is 9.90. The Morgan fingerprint density at radius 1 is 1.15 bits per heavy atom. The number of rotatable bonds is 4. The van der Waals surface area contributed by atoms with Crippen LogP contribution in [0.15, 0.2) is 41.1 Å². The SMILES string of the molecule is CC.O=C(NC1CCCCC1)c1ccncc1Nc1ccc(Br)cc1F. The molecule has 26 heavy (non-hydrogen) atoms. The van der Waals surface area contributed by atoms with Gasteiger partial charge in [-0.2, -0.15) is 0 Å². The van der Waals surface area contributed by atoms with Gasteiger partial charge in [-0.1, -0.05) is 49.0 Å². The van der Waals surface area contributed by atoms with Gasteiger partial charge in [0.1, 0.15) is 5.82 Å². The summed E-state index contributed by atoms with van der Waals surface area (Å²) in [6.45, 7) is 4.00. The van der Waals surface area contributed by atoms with Crippen LogP contribution in [0.25, 0.3) is 0 Å². The summed E-state index contributed by atoms with van der Waals surface area (Å²) in [6, 6.07) is 6.60. The van der Waals surface area contributed by atoms with E-state index in [2.05, 4.69) is 31.5 Å². The lowest BCUT2D eigenvalue weighted by atomic mass is 9.95. The van der Waals surface area contributed by atoms with E-state index in [1.54, 1.807) is 24.4 Å². The molecule has 3 rings (SSSR count). The minimum Gasteiger partial charge on any atom is -0.351 e. The number of benzene rings is 1. The molecule has 2 N–H and O–H groups in total. The number of carbonyl (C=O) groups is 1. The number of pyridine rings is 1. The predicted molar refractivity (Wildman–Crippen MR) is 107 cm³/mol. The number of nitrogens with zero attached hydrogens (tertiary/aromatic N) is 1. The van der Waals surface area contributed by atoms with Gasteiger partial charge >= 0.3 is 0 Å². The molecule has 6 heteroatoms. The quantitative estimate of drug-likeness (QED) is 0.653. The van der Waals surface area contributed by atoms with E-state index in [0.717, 1.165) is 25.7 Å². The van der Waals surface area contributed by atoms with Crippen LogP contribution in [0.2, 0.25) is 0 Å². The van der Waals surface area contributed by atoms with Crippen LogP contribution in [-0.4, -0.2) is 16.9 Å². The lowest BCUT2D eigenvalue weighted by molar-refractivity contribution is 0.0928. The summed E-state index contributed by atoms with van der Waals surface area (Å²) in [5.74, 6) is -0.545. The van der Waals surface area contributed by atoms with E-state index in [0.29, 0.717) is 21.4 Å². The third-order valence-corrected chi connectivity index (χ3v) is 4.70. The van der Waals surface area contributed by atoms with Crippen LogP contribution in [0.3, 0.4) is 0 Å². The molecule has 0 aliphatic heterocycles. The molecule has 0 saturated heterocycles. The second-order valence-electron chi connectivity index (χ2n) is 5.98. The van der Waals surface area contributed by atoms with E-state index in [4.69, 9.17) is 0 Å². The summed E-state index contributed by atoms with van der Waals surface area (Å²) in [6.07, 6.45) is 8.67. The Hall–Kier alpha value is -1.95. The molecule has 0 radical (unpaired) electrons. The van der Waals surface area contributed by atoms with Gasteiger partial charge in [0.15, 0.2) is 0 Å². The third-order valence-electron chi connectivity index (χ3n) is 4.21. The van der Waals surface area contributed by atoms with Crippen molar-refractivity contribution in [1.82, 2.24) is 10.3 Å². The molecule has 1 aromatic carbocycles. The molecule has 0 spiro atoms. The molecule has 1 fully saturated rings. The lowest BCUT2D eigenvalue weighted by Gasteiger charge is -2.23. The molecule has 2 aromatic rings. The van der Waals surface area contributed by atoms with E-state index < -0.39 is 5.82 Å². The monoisotopic (exact) mass is 421 g/mol. The molecule has 4 nitrogen and oxygen atoms in total. The Labute approximate surface area is 162 Å². The number of hydrogen-bond donors (Lipinski definition) is 2. The van der Waals surface area contributed by atoms with Crippen LogP contribution in [-0.2, 0) is 0 Å². The predicted octanol–water partition coefficient (Wildman–Crippen LogP) is 5.82. The number of aromatic nitrogens is 1. The molecule has 1 aliphatic rings. The first kappa shape index (κ1) is 20.4. The van der Waals surface area contributed by atoms with Crippen molar-refractivity contribution in [2.45, 2.75) is 52.0 Å². The van der Waals surface area contributed by atoms with E-state index >= 15 is 0 Å². The molecule has 0 unspecified atom stereocenters. The average molecular weight is 422 g/mol. The molecule has 140 valence electrons. The average Bonchev–Trinajstić information content (AvgIpc) is 2.67. The van der Waals surface area contributed by atoms with Gasteiger partial charge in [0.25, 0.3) is 5.91 Å². The van der Waals surface area contributed by atoms with Gasteiger partial charge < -0.3 is 10.6 Å². The zero-order valence-electron chi connectivity index (χ0n) is 15.2. The summed E-state index contributed by atoms with van der Waals surface area (Å²) in [7, 11) is 0. The Kier molecular flexibility index (Phi) is 8.04. The number of carbonyl (C=O) groups excluding carboxylic acids is 1. The molecular formula is C20H25BrFN3O. The Bertz CT molecular complexity index is 733. The van der Waals surface area contributed by atoms with Crippen molar-refractivity contribution < 1.29 is 9.18 Å². The van der Waals surface area contributed by atoms with Gasteiger partial charge in [-0.05, 0) is 37.1 Å². The van der Waals surface area contributed by atoms with Gasteiger partial charge in [-0.3, -0.25) is 9.78 Å². The summed E-state index contributed by atoms with van der Waals surface area (Å²) in [5, 5.41) is 6.04. The molecule has 1 amide bonds. The van der Waals surface area contributed by atoms with Gasteiger partial charge in [0.2, 0.25) is 0 Å². The fourth-order valence-electron chi connectivity index (χ4n) is 2.94. The number of halogens is 2. The van der Waals surface area contributed by atoms with Gasteiger partial charge in [0.05, 0.1) is 23.1 Å². The highest BCUT2D eigenvalue weighted by Gasteiger charge is 2.19. The summed E-state index contributed by atoms with van der Waals surface area (Å²) in [5.41, 5.74) is 1.27. The van der Waals surface area contributed by atoms with Crippen LogP contribution in [0.1, 0.15) is 56.3 Å². The fraction of sp³-hybridized carbons (Fsp3) is 0.400. The van der Waals surface area contributed by atoms with Gasteiger partial charge in [-0.15, -0.1) is 0 Å². The second kappa shape index (κ2) is 10.3. The highest BCUT2D eigenvalue weighted by Crippen LogP contribution is 2.25. The zero-order valence-corrected chi connectivity index (χ0v) is 16.8. The second-order valence-corrected chi connectivity index (χ2v) is 6.89. The largest absolute Gasteiger partial charge is 0.351 e. The van der Waals surface area contributed by atoms with E-state index in [9.17, 15) is 9.18 Å². The molecule has 1 saturated carbocycles. The van der Waals surface area contributed by atoms with Crippen LogP contribution in [0.4, 0.5) is 15.8 Å². The molecule has 0 atom stereocenters. The third kappa shape index (κ3) is 5.53. The number of amides is 1. The highest BCUT2D eigenvalue weighted by atomic mass is 79.9. The minimum atomic E-state index is -0.396.